The number of nitrogens with zero attached hydrogens (tertiary/aromatic N) is 3. The van der Waals surface area contributed by atoms with Crippen molar-refractivity contribution < 1.29 is 4.74 Å². The normalized spacial score (nSPS) is 20.3. The smallest absolute Gasteiger partial charge is 0.136 e. The minimum absolute atomic E-state index is 0.528. The minimum atomic E-state index is 0.528. The predicted molar refractivity (Wildman–Crippen MR) is 75.8 cm³/mol. The van der Waals surface area contributed by atoms with Crippen LogP contribution in [-0.4, -0.2) is 43.3 Å². The maximum absolute atomic E-state index is 5.43. The van der Waals surface area contributed by atoms with Crippen LogP contribution in [0.2, 0.25) is 0 Å². The van der Waals surface area contributed by atoms with Crippen molar-refractivity contribution in [3.05, 3.63) is 11.9 Å². The van der Waals surface area contributed by atoms with Crippen LogP contribution in [0, 0.1) is 0 Å². The quantitative estimate of drug-likeness (QED) is 0.899. The summed E-state index contributed by atoms with van der Waals surface area (Å²) in [5, 5.41) is 3.15. The number of hydrogen-bond acceptors (Lipinski definition) is 5. The predicted octanol–water partition coefficient (Wildman–Crippen LogP) is 2.01. The van der Waals surface area contributed by atoms with E-state index in [0.717, 1.165) is 43.5 Å². The Morgan fingerprint density at radius 2 is 1.95 bits per heavy atom. The summed E-state index contributed by atoms with van der Waals surface area (Å²) in [5.41, 5.74) is 0. The summed E-state index contributed by atoms with van der Waals surface area (Å²) in [7, 11) is 4.05. The number of rotatable bonds is 4. The Balaban J connectivity index is 1.83. The number of aromatic nitrogens is 2. The zero-order chi connectivity index (χ0) is 13.2. The van der Waals surface area contributed by atoms with Gasteiger partial charge in [-0.25, -0.2) is 9.97 Å². The second kappa shape index (κ2) is 5.33. The standard InChI is InChI=1S/C14H22N4O/c1-15-12-9-13(17-14(16-12)10-3-4-10)18(2)11-5-7-19-8-6-11/h9-11H,3-8H2,1-2H3,(H,15,16,17). The molecule has 1 aromatic heterocycles. The van der Waals surface area contributed by atoms with Crippen molar-refractivity contribution in [1.29, 1.82) is 0 Å². The molecule has 0 radical (unpaired) electrons. The molecule has 0 amide bonds. The van der Waals surface area contributed by atoms with Gasteiger partial charge in [0.25, 0.3) is 0 Å². The Hall–Kier alpha value is -1.36. The van der Waals surface area contributed by atoms with Crippen LogP contribution in [0.5, 0.6) is 0 Å². The molecule has 0 spiro atoms. The summed E-state index contributed by atoms with van der Waals surface area (Å²) in [6.07, 6.45) is 4.61. The van der Waals surface area contributed by atoms with Gasteiger partial charge in [0.2, 0.25) is 0 Å². The molecule has 3 rings (SSSR count). The molecule has 2 fully saturated rings. The van der Waals surface area contributed by atoms with Crippen LogP contribution in [0.25, 0.3) is 0 Å². The monoisotopic (exact) mass is 262 g/mol. The van der Waals surface area contributed by atoms with Gasteiger partial charge in [-0.05, 0) is 25.7 Å². The minimum Gasteiger partial charge on any atom is -0.381 e. The van der Waals surface area contributed by atoms with Crippen molar-refractivity contribution in [1.82, 2.24) is 9.97 Å². The molecular formula is C14H22N4O. The van der Waals surface area contributed by atoms with Crippen LogP contribution in [0.3, 0.4) is 0 Å². The summed E-state index contributed by atoms with van der Waals surface area (Å²) >= 11 is 0. The average molecular weight is 262 g/mol. The topological polar surface area (TPSA) is 50.3 Å². The van der Waals surface area contributed by atoms with Crippen LogP contribution in [-0.2, 0) is 4.74 Å². The highest BCUT2D eigenvalue weighted by Gasteiger charge is 2.28. The summed E-state index contributed by atoms with van der Waals surface area (Å²) in [6, 6.07) is 2.57. The molecule has 5 nitrogen and oxygen atoms in total. The fourth-order valence-corrected chi connectivity index (χ4v) is 2.54. The van der Waals surface area contributed by atoms with Crippen LogP contribution in [0.4, 0.5) is 11.6 Å². The fraction of sp³-hybridized carbons (Fsp3) is 0.714. The number of anilines is 2. The maximum Gasteiger partial charge on any atom is 0.136 e. The third-order valence-electron chi connectivity index (χ3n) is 4.03. The molecule has 0 bridgehead atoms. The molecule has 1 saturated carbocycles. The lowest BCUT2D eigenvalue weighted by atomic mass is 10.1. The van der Waals surface area contributed by atoms with Crippen molar-refractivity contribution in [2.75, 3.05) is 37.5 Å². The highest BCUT2D eigenvalue weighted by molar-refractivity contribution is 5.50. The van der Waals surface area contributed by atoms with Gasteiger partial charge in [-0.3, -0.25) is 0 Å². The molecule has 1 aliphatic carbocycles. The highest BCUT2D eigenvalue weighted by atomic mass is 16.5. The van der Waals surface area contributed by atoms with Crippen LogP contribution in [0.1, 0.15) is 37.4 Å². The Morgan fingerprint density at radius 3 is 2.58 bits per heavy atom. The lowest BCUT2D eigenvalue weighted by Gasteiger charge is -2.32. The van der Waals surface area contributed by atoms with E-state index in [9.17, 15) is 0 Å². The van der Waals surface area contributed by atoms with Crippen molar-refractivity contribution in [2.24, 2.45) is 0 Å². The molecule has 1 saturated heterocycles. The zero-order valence-electron chi connectivity index (χ0n) is 11.7. The van der Waals surface area contributed by atoms with E-state index >= 15 is 0 Å². The molecule has 104 valence electrons. The first-order chi connectivity index (χ1) is 9.28. The van der Waals surface area contributed by atoms with Crippen molar-refractivity contribution in [3.8, 4) is 0 Å². The Labute approximate surface area is 114 Å². The average Bonchev–Trinajstić information content (AvgIpc) is 3.31. The van der Waals surface area contributed by atoms with Crippen LogP contribution in [0.15, 0.2) is 6.07 Å². The fourth-order valence-electron chi connectivity index (χ4n) is 2.54. The zero-order valence-corrected chi connectivity index (χ0v) is 11.7. The largest absolute Gasteiger partial charge is 0.381 e. The van der Waals surface area contributed by atoms with Gasteiger partial charge in [-0.15, -0.1) is 0 Å². The molecule has 2 aliphatic rings. The van der Waals surface area contributed by atoms with E-state index in [1.807, 2.05) is 13.1 Å². The lowest BCUT2D eigenvalue weighted by molar-refractivity contribution is 0.0853. The molecular weight excluding hydrogens is 240 g/mol. The maximum atomic E-state index is 5.43. The van der Waals surface area contributed by atoms with Gasteiger partial charge >= 0.3 is 0 Å². The van der Waals surface area contributed by atoms with Crippen molar-refractivity contribution in [2.45, 2.75) is 37.6 Å². The van der Waals surface area contributed by atoms with E-state index in [4.69, 9.17) is 9.72 Å². The number of nitrogens with one attached hydrogen (secondary N) is 1. The van der Waals surface area contributed by atoms with Crippen LogP contribution >= 0.6 is 0 Å². The molecule has 5 heteroatoms. The first-order valence-electron chi connectivity index (χ1n) is 7.15. The van der Waals surface area contributed by atoms with E-state index in [2.05, 4.69) is 22.2 Å². The summed E-state index contributed by atoms with van der Waals surface area (Å²) in [4.78, 5) is 11.6. The first kappa shape index (κ1) is 12.7. The van der Waals surface area contributed by atoms with E-state index in [0.29, 0.717) is 12.0 Å². The van der Waals surface area contributed by atoms with Crippen molar-refractivity contribution >= 4 is 11.6 Å². The molecule has 1 aliphatic heterocycles. The second-order valence-corrected chi connectivity index (χ2v) is 5.45. The van der Waals surface area contributed by atoms with E-state index in [-0.39, 0.29) is 0 Å². The number of ether oxygens (including phenoxy) is 1. The molecule has 2 heterocycles. The number of hydrogen-bond donors (Lipinski definition) is 1. The summed E-state index contributed by atoms with van der Waals surface area (Å²) < 4.78 is 5.43. The van der Waals surface area contributed by atoms with E-state index in [1.54, 1.807) is 0 Å². The van der Waals surface area contributed by atoms with Gasteiger partial charge < -0.3 is 15.0 Å². The van der Waals surface area contributed by atoms with Gasteiger partial charge in [0, 0.05) is 45.3 Å². The third-order valence-corrected chi connectivity index (χ3v) is 4.03. The molecule has 0 aromatic carbocycles. The molecule has 1 aromatic rings. The Bertz CT molecular complexity index is 441. The Kier molecular flexibility index (Phi) is 3.55. The SMILES string of the molecule is CNc1cc(N(C)C2CCOCC2)nc(C2CC2)n1. The lowest BCUT2D eigenvalue weighted by Crippen LogP contribution is -2.37. The van der Waals surface area contributed by atoms with Crippen molar-refractivity contribution in [3.63, 3.8) is 0 Å². The van der Waals surface area contributed by atoms with Gasteiger partial charge in [-0.2, -0.15) is 0 Å². The summed E-state index contributed by atoms with van der Waals surface area (Å²) in [6.45, 7) is 1.71. The Morgan fingerprint density at radius 1 is 1.21 bits per heavy atom. The molecule has 1 N–H and O–H groups in total. The van der Waals surface area contributed by atoms with Crippen LogP contribution < -0.4 is 10.2 Å². The second-order valence-electron chi connectivity index (χ2n) is 5.45. The van der Waals surface area contributed by atoms with E-state index < -0.39 is 0 Å². The van der Waals surface area contributed by atoms with Gasteiger partial charge in [0.05, 0.1) is 0 Å². The molecule has 0 atom stereocenters. The van der Waals surface area contributed by atoms with Gasteiger partial charge in [0.15, 0.2) is 0 Å². The summed E-state index contributed by atoms with van der Waals surface area (Å²) in [5.74, 6) is 3.54. The molecule has 0 unspecified atom stereocenters. The third kappa shape index (κ3) is 2.81. The molecule has 19 heavy (non-hydrogen) atoms. The van der Waals surface area contributed by atoms with E-state index in [1.165, 1.54) is 12.8 Å². The first-order valence-corrected chi connectivity index (χ1v) is 7.15. The van der Waals surface area contributed by atoms with Gasteiger partial charge in [-0.1, -0.05) is 0 Å². The highest BCUT2D eigenvalue weighted by Crippen LogP contribution is 2.39. The van der Waals surface area contributed by atoms with Gasteiger partial charge in [0.1, 0.15) is 17.5 Å².